The Hall–Kier alpha value is -2.29. The van der Waals surface area contributed by atoms with Gasteiger partial charge in [-0.05, 0) is 55.2 Å². The molecule has 0 saturated heterocycles. The van der Waals surface area contributed by atoms with Crippen LogP contribution in [0.4, 0.5) is 10.5 Å². The minimum Gasteiger partial charge on any atom is -0.446 e. The maximum atomic E-state index is 12.2. The van der Waals surface area contributed by atoms with Gasteiger partial charge in [-0.2, -0.15) is 0 Å². The fourth-order valence-electron chi connectivity index (χ4n) is 2.45. The van der Waals surface area contributed by atoms with E-state index in [2.05, 4.69) is 24.3 Å². The molecule has 1 aromatic carbocycles. The van der Waals surface area contributed by atoms with E-state index < -0.39 is 0 Å². The zero-order valence-electron chi connectivity index (χ0n) is 11.7. The minimum atomic E-state index is -0.341. The highest BCUT2D eigenvalue weighted by Gasteiger charge is 2.21. The lowest BCUT2D eigenvalue weighted by molar-refractivity contribution is 0.125. The second-order valence-corrected chi connectivity index (χ2v) is 5.22. The first kappa shape index (κ1) is 12.7. The molecule has 0 saturated carbocycles. The summed E-state index contributed by atoms with van der Waals surface area (Å²) in [6.07, 6.45) is 12.3. The van der Waals surface area contributed by atoms with Crippen LogP contribution in [-0.4, -0.2) is 12.2 Å². The van der Waals surface area contributed by atoms with Crippen molar-refractivity contribution in [3.63, 3.8) is 0 Å². The average molecular weight is 267 g/mol. The third kappa shape index (κ3) is 2.27. The predicted octanol–water partition coefficient (Wildman–Crippen LogP) is 4.15. The molecule has 0 bridgehead atoms. The van der Waals surface area contributed by atoms with Gasteiger partial charge in [-0.3, -0.25) is 4.90 Å². The van der Waals surface area contributed by atoms with E-state index in [1.807, 2.05) is 32.1 Å². The third-order valence-electron chi connectivity index (χ3n) is 3.34. The van der Waals surface area contributed by atoms with Gasteiger partial charge in [0.15, 0.2) is 0 Å². The van der Waals surface area contributed by atoms with Crippen molar-refractivity contribution >= 4 is 23.9 Å². The van der Waals surface area contributed by atoms with Crippen LogP contribution in [0.5, 0.6) is 0 Å². The first-order valence-corrected chi connectivity index (χ1v) is 6.83. The first-order valence-electron chi connectivity index (χ1n) is 6.83. The van der Waals surface area contributed by atoms with Gasteiger partial charge in [0.2, 0.25) is 0 Å². The van der Waals surface area contributed by atoms with Crippen molar-refractivity contribution in [3.05, 3.63) is 53.3 Å². The first-order chi connectivity index (χ1) is 9.65. The number of benzene rings is 1. The molecule has 3 rings (SSSR count). The summed E-state index contributed by atoms with van der Waals surface area (Å²) in [6.45, 7) is 3.70. The van der Waals surface area contributed by atoms with Gasteiger partial charge in [-0.25, -0.2) is 4.79 Å². The number of hydrogen-bond acceptors (Lipinski definition) is 2. The number of carbonyl (C=O) groups excluding carboxylic acids is 1. The topological polar surface area (TPSA) is 29.5 Å². The van der Waals surface area contributed by atoms with Gasteiger partial charge in [0.05, 0.1) is 11.8 Å². The van der Waals surface area contributed by atoms with E-state index in [9.17, 15) is 4.79 Å². The molecule has 0 unspecified atom stereocenters. The van der Waals surface area contributed by atoms with Crippen LogP contribution in [0.15, 0.2) is 36.6 Å². The van der Waals surface area contributed by atoms with Gasteiger partial charge in [0.1, 0.15) is 0 Å². The summed E-state index contributed by atoms with van der Waals surface area (Å²) in [5.41, 5.74) is 4.38. The van der Waals surface area contributed by atoms with Crippen molar-refractivity contribution in [2.45, 2.75) is 26.4 Å². The van der Waals surface area contributed by atoms with Crippen LogP contribution >= 0.6 is 0 Å². The molecule has 0 radical (unpaired) electrons. The zero-order valence-corrected chi connectivity index (χ0v) is 11.7. The summed E-state index contributed by atoms with van der Waals surface area (Å²) < 4.78 is 5.31. The van der Waals surface area contributed by atoms with Crippen LogP contribution in [0, 0.1) is 0 Å². The highest BCUT2D eigenvalue weighted by Crippen LogP contribution is 2.32. The van der Waals surface area contributed by atoms with Crippen molar-refractivity contribution in [2.24, 2.45) is 0 Å². The van der Waals surface area contributed by atoms with Crippen molar-refractivity contribution in [1.82, 2.24) is 0 Å². The number of carbonyl (C=O) groups is 1. The van der Waals surface area contributed by atoms with Crippen LogP contribution in [0.3, 0.4) is 0 Å². The molecule has 1 amide bonds. The zero-order chi connectivity index (χ0) is 14.1. The second-order valence-electron chi connectivity index (χ2n) is 5.22. The number of rotatable bonds is 1. The molecule has 0 spiro atoms. The maximum Gasteiger partial charge on any atom is 0.418 e. The predicted molar refractivity (Wildman–Crippen MR) is 81.5 cm³/mol. The molecule has 3 heteroatoms. The fourth-order valence-corrected chi connectivity index (χ4v) is 2.45. The standard InChI is InChI=1S/C17H17NO2/c1-12(2)20-17(19)18-9-4-3-6-15-10-13-7-5-8-14(13)11-16(15)18/h3-7,9-12H,8H2,1-2H3. The molecule has 0 N–H and O–H groups in total. The Morgan fingerprint density at radius 2 is 2.05 bits per heavy atom. The molecular formula is C17H17NO2. The molecule has 1 heterocycles. The van der Waals surface area contributed by atoms with Crippen molar-refractivity contribution in [1.29, 1.82) is 0 Å². The average Bonchev–Trinajstić information content (AvgIpc) is 2.74. The summed E-state index contributed by atoms with van der Waals surface area (Å²) in [6, 6.07) is 4.19. The molecule has 1 aliphatic heterocycles. The van der Waals surface area contributed by atoms with Crippen LogP contribution in [0.25, 0.3) is 12.2 Å². The number of fused-ring (bicyclic) bond motifs is 2. The van der Waals surface area contributed by atoms with Crippen LogP contribution < -0.4 is 4.90 Å². The Balaban J connectivity index is 2.02. The molecule has 0 atom stereocenters. The van der Waals surface area contributed by atoms with E-state index in [1.165, 1.54) is 11.1 Å². The van der Waals surface area contributed by atoms with Gasteiger partial charge in [0.25, 0.3) is 0 Å². The highest BCUT2D eigenvalue weighted by molar-refractivity contribution is 5.94. The molecule has 0 fully saturated rings. The summed E-state index contributed by atoms with van der Waals surface area (Å²) >= 11 is 0. The summed E-state index contributed by atoms with van der Waals surface area (Å²) in [5.74, 6) is 0. The lowest BCUT2D eigenvalue weighted by Crippen LogP contribution is -2.28. The number of amides is 1. The van der Waals surface area contributed by atoms with Gasteiger partial charge in [-0.1, -0.05) is 24.3 Å². The largest absolute Gasteiger partial charge is 0.446 e. The van der Waals surface area contributed by atoms with Gasteiger partial charge in [-0.15, -0.1) is 0 Å². The van der Waals surface area contributed by atoms with E-state index in [1.54, 1.807) is 11.1 Å². The second kappa shape index (κ2) is 5.00. The van der Waals surface area contributed by atoms with Crippen LogP contribution in [0.1, 0.15) is 30.5 Å². The number of anilines is 1. The molecule has 1 aromatic rings. The Morgan fingerprint density at radius 1 is 1.20 bits per heavy atom. The number of ether oxygens (including phenoxy) is 1. The fraction of sp³-hybridized carbons (Fsp3) is 0.235. The normalized spacial score (nSPS) is 15.2. The van der Waals surface area contributed by atoms with E-state index in [0.29, 0.717) is 0 Å². The number of nitrogens with zero attached hydrogens (tertiary/aromatic N) is 1. The van der Waals surface area contributed by atoms with Gasteiger partial charge >= 0.3 is 6.09 Å². The van der Waals surface area contributed by atoms with Gasteiger partial charge in [0, 0.05) is 6.20 Å². The molecule has 20 heavy (non-hydrogen) atoms. The summed E-state index contributed by atoms with van der Waals surface area (Å²) in [7, 11) is 0. The van der Waals surface area contributed by atoms with E-state index in [-0.39, 0.29) is 12.2 Å². The molecule has 102 valence electrons. The quantitative estimate of drug-likeness (QED) is 0.765. The molecule has 2 aliphatic rings. The number of hydrogen-bond donors (Lipinski definition) is 0. The SMILES string of the molecule is CC(C)OC(=O)N1C=CC=Cc2cc3c(cc21)CC=C3. The van der Waals surface area contributed by atoms with E-state index in [0.717, 1.165) is 17.7 Å². The lowest BCUT2D eigenvalue weighted by atomic mass is 10.0. The molecule has 0 aromatic heterocycles. The summed E-state index contributed by atoms with van der Waals surface area (Å²) in [4.78, 5) is 13.8. The Kier molecular flexibility index (Phi) is 3.18. The minimum absolute atomic E-state index is 0.133. The van der Waals surface area contributed by atoms with Crippen molar-refractivity contribution in [3.8, 4) is 0 Å². The molecule has 3 nitrogen and oxygen atoms in total. The van der Waals surface area contributed by atoms with Gasteiger partial charge < -0.3 is 4.74 Å². The van der Waals surface area contributed by atoms with Crippen LogP contribution in [0.2, 0.25) is 0 Å². The Labute approximate surface area is 118 Å². The van der Waals surface area contributed by atoms with Crippen molar-refractivity contribution < 1.29 is 9.53 Å². The Morgan fingerprint density at radius 3 is 2.85 bits per heavy atom. The monoisotopic (exact) mass is 267 g/mol. The number of allylic oxidation sites excluding steroid dienone is 3. The summed E-state index contributed by atoms with van der Waals surface area (Å²) in [5, 5.41) is 0. The molecule has 1 aliphatic carbocycles. The van der Waals surface area contributed by atoms with E-state index in [4.69, 9.17) is 4.74 Å². The van der Waals surface area contributed by atoms with Crippen molar-refractivity contribution in [2.75, 3.05) is 4.90 Å². The third-order valence-corrected chi connectivity index (χ3v) is 3.34. The highest BCUT2D eigenvalue weighted by atomic mass is 16.6. The molecular weight excluding hydrogens is 250 g/mol. The maximum absolute atomic E-state index is 12.2. The van der Waals surface area contributed by atoms with E-state index >= 15 is 0 Å². The smallest absolute Gasteiger partial charge is 0.418 e. The Bertz CT molecular complexity index is 639. The van der Waals surface area contributed by atoms with Crippen LogP contribution in [-0.2, 0) is 11.2 Å². The lowest BCUT2D eigenvalue weighted by Gasteiger charge is -2.21.